The monoisotopic (exact) mass is 362 g/mol. The molecule has 4 rings (SSSR count). The lowest BCUT2D eigenvalue weighted by molar-refractivity contribution is 0.244. The number of ether oxygens (including phenoxy) is 1. The molecule has 1 atom stereocenters. The number of aromatic nitrogens is 1. The van der Waals surface area contributed by atoms with Gasteiger partial charge in [0, 0.05) is 18.2 Å². The fourth-order valence-electron chi connectivity index (χ4n) is 3.82. The maximum Gasteiger partial charge on any atom is 0.226 e. The molecule has 0 N–H and O–H groups in total. The molecule has 0 unspecified atom stereocenters. The second-order valence-electron chi connectivity index (χ2n) is 7.02. The topological polar surface area (TPSA) is 38.5 Å². The van der Waals surface area contributed by atoms with Crippen LogP contribution in [0.4, 0.5) is 0 Å². The Labute approximate surface area is 160 Å². The molecule has 3 aromatic rings. The van der Waals surface area contributed by atoms with Gasteiger partial charge in [0.25, 0.3) is 0 Å². The minimum absolute atomic E-state index is 0.428. The van der Waals surface area contributed by atoms with Gasteiger partial charge in [-0.05, 0) is 63.1 Å². The van der Waals surface area contributed by atoms with Gasteiger partial charge in [-0.2, -0.15) is 0 Å². The summed E-state index contributed by atoms with van der Waals surface area (Å²) in [5.74, 6) is 2.55. The normalized spacial score (nSPS) is 17.3. The lowest BCUT2D eigenvalue weighted by atomic mass is 10.0. The number of rotatable bonds is 6. The smallest absolute Gasteiger partial charge is 0.226 e. The third kappa shape index (κ3) is 3.91. The van der Waals surface area contributed by atoms with Gasteiger partial charge in [0.2, 0.25) is 5.89 Å². The van der Waals surface area contributed by atoms with Crippen molar-refractivity contribution < 1.29 is 9.15 Å². The second kappa shape index (κ2) is 7.97. The SMILES string of the molecule is CCOc1ccc([C@@H]2CCCN2Cc2nc(-c3ccccc3)oc2C)cc1. The van der Waals surface area contributed by atoms with Gasteiger partial charge in [-0.15, -0.1) is 0 Å². The molecule has 0 bridgehead atoms. The molecule has 1 aliphatic heterocycles. The van der Waals surface area contributed by atoms with E-state index in [4.69, 9.17) is 14.1 Å². The first kappa shape index (κ1) is 17.8. The standard InChI is InChI=1S/C23H26N2O2/c1-3-26-20-13-11-18(12-14-20)22-10-7-15-25(22)16-21-17(2)27-23(24-21)19-8-5-4-6-9-19/h4-6,8-9,11-14,22H,3,7,10,15-16H2,1-2H3/t22-/m0/s1. The highest BCUT2D eigenvalue weighted by Crippen LogP contribution is 2.34. The van der Waals surface area contributed by atoms with Crippen molar-refractivity contribution in [3.8, 4) is 17.2 Å². The number of oxazole rings is 1. The van der Waals surface area contributed by atoms with Crippen LogP contribution in [-0.2, 0) is 6.54 Å². The Morgan fingerprint density at radius 1 is 1.11 bits per heavy atom. The van der Waals surface area contributed by atoms with Crippen LogP contribution < -0.4 is 4.74 Å². The molecule has 0 radical (unpaired) electrons. The molecular formula is C23H26N2O2. The molecule has 0 spiro atoms. The van der Waals surface area contributed by atoms with Crippen LogP contribution in [0.25, 0.3) is 11.5 Å². The Morgan fingerprint density at radius 3 is 2.63 bits per heavy atom. The third-order valence-corrected chi connectivity index (χ3v) is 5.21. The number of hydrogen-bond acceptors (Lipinski definition) is 4. The highest BCUT2D eigenvalue weighted by atomic mass is 16.5. The summed E-state index contributed by atoms with van der Waals surface area (Å²) in [6.07, 6.45) is 2.39. The minimum atomic E-state index is 0.428. The highest BCUT2D eigenvalue weighted by molar-refractivity contribution is 5.53. The van der Waals surface area contributed by atoms with Crippen molar-refractivity contribution in [1.29, 1.82) is 0 Å². The first-order valence-electron chi connectivity index (χ1n) is 9.73. The summed E-state index contributed by atoms with van der Waals surface area (Å²) in [7, 11) is 0. The molecule has 1 aliphatic rings. The van der Waals surface area contributed by atoms with Gasteiger partial charge in [-0.1, -0.05) is 30.3 Å². The molecule has 0 saturated carbocycles. The summed E-state index contributed by atoms with van der Waals surface area (Å²) in [6, 6.07) is 19.1. The molecule has 1 aromatic heterocycles. The molecule has 4 heteroatoms. The number of hydrogen-bond donors (Lipinski definition) is 0. The Balaban J connectivity index is 1.51. The van der Waals surface area contributed by atoms with Crippen LogP contribution in [-0.4, -0.2) is 23.0 Å². The van der Waals surface area contributed by atoms with E-state index in [1.807, 2.05) is 44.2 Å². The van der Waals surface area contributed by atoms with Crippen molar-refractivity contribution in [2.45, 2.75) is 39.3 Å². The van der Waals surface area contributed by atoms with Crippen molar-refractivity contribution >= 4 is 0 Å². The Bertz CT molecular complexity index is 871. The fourth-order valence-corrected chi connectivity index (χ4v) is 3.82. The van der Waals surface area contributed by atoms with E-state index in [1.54, 1.807) is 0 Å². The minimum Gasteiger partial charge on any atom is -0.494 e. The second-order valence-corrected chi connectivity index (χ2v) is 7.02. The van der Waals surface area contributed by atoms with Gasteiger partial charge in [0.15, 0.2) is 0 Å². The van der Waals surface area contributed by atoms with Crippen LogP contribution in [0, 0.1) is 6.92 Å². The van der Waals surface area contributed by atoms with Gasteiger partial charge in [-0.25, -0.2) is 4.98 Å². The molecule has 4 nitrogen and oxygen atoms in total. The predicted octanol–water partition coefficient (Wildman–Crippen LogP) is 5.39. The molecule has 1 saturated heterocycles. The van der Waals surface area contributed by atoms with E-state index in [-0.39, 0.29) is 0 Å². The summed E-state index contributed by atoms with van der Waals surface area (Å²) < 4.78 is 11.5. The molecule has 140 valence electrons. The maximum atomic E-state index is 5.94. The van der Waals surface area contributed by atoms with Gasteiger partial charge in [0.05, 0.1) is 12.3 Å². The van der Waals surface area contributed by atoms with Crippen LogP contribution in [0.1, 0.15) is 42.8 Å². The molecular weight excluding hydrogens is 336 g/mol. The van der Waals surface area contributed by atoms with Crippen molar-refractivity contribution in [1.82, 2.24) is 9.88 Å². The molecule has 0 aliphatic carbocycles. The zero-order valence-electron chi connectivity index (χ0n) is 16.0. The summed E-state index contributed by atoms with van der Waals surface area (Å²) in [6.45, 7) is 6.63. The third-order valence-electron chi connectivity index (χ3n) is 5.21. The van der Waals surface area contributed by atoms with E-state index < -0.39 is 0 Å². The number of likely N-dealkylation sites (tertiary alicyclic amines) is 1. The number of benzene rings is 2. The van der Waals surface area contributed by atoms with Gasteiger partial charge in [-0.3, -0.25) is 4.90 Å². The quantitative estimate of drug-likeness (QED) is 0.590. The summed E-state index contributed by atoms with van der Waals surface area (Å²) in [4.78, 5) is 7.29. The van der Waals surface area contributed by atoms with Crippen molar-refractivity contribution in [2.24, 2.45) is 0 Å². The number of nitrogens with zero attached hydrogens (tertiary/aromatic N) is 2. The van der Waals surface area contributed by atoms with Crippen molar-refractivity contribution in [3.63, 3.8) is 0 Å². The predicted molar refractivity (Wildman–Crippen MR) is 107 cm³/mol. The average molecular weight is 362 g/mol. The van der Waals surface area contributed by atoms with Crippen LogP contribution >= 0.6 is 0 Å². The summed E-state index contributed by atoms with van der Waals surface area (Å²) >= 11 is 0. The average Bonchev–Trinajstić information content (AvgIpc) is 3.31. The molecule has 2 heterocycles. The summed E-state index contributed by atoms with van der Waals surface area (Å²) in [5, 5.41) is 0. The fraction of sp³-hybridized carbons (Fsp3) is 0.348. The van der Waals surface area contributed by atoms with Crippen LogP contribution in [0.15, 0.2) is 59.0 Å². The molecule has 0 amide bonds. The van der Waals surface area contributed by atoms with Gasteiger partial charge < -0.3 is 9.15 Å². The van der Waals surface area contributed by atoms with Crippen LogP contribution in [0.3, 0.4) is 0 Å². The van der Waals surface area contributed by atoms with E-state index in [0.29, 0.717) is 18.5 Å². The van der Waals surface area contributed by atoms with E-state index in [2.05, 4.69) is 29.2 Å². The molecule has 2 aromatic carbocycles. The Morgan fingerprint density at radius 2 is 1.89 bits per heavy atom. The van der Waals surface area contributed by atoms with Gasteiger partial charge >= 0.3 is 0 Å². The lowest BCUT2D eigenvalue weighted by Gasteiger charge is -2.24. The van der Waals surface area contributed by atoms with E-state index in [0.717, 1.165) is 35.9 Å². The summed E-state index contributed by atoms with van der Waals surface area (Å²) in [5.41, 5.74) is 3.41. The van der Waals surface area contributed by atoms with Gasteiger partial charge in [0.1, 0.15) is 11.5 Å². The van der Waals surface area contributed by atoms with E-state index >= 15 is 0 Å². The highest BCUT2D eigenvalue weighted by Gasteiger charge is 2.27. The maximum absolute atomic E-state index is 5.94. The van der Waals surface area contributed by atoms with Crippen molar-refractivity contribution in [2.75, 3.05) is 13.2 Å². The van der Waals surface area contributed by atoms with E-state index in [9.17, 15) is 0 Å². The molecule has 1 fully saturated rings. The molecule has 27 heavy (non-hydrogen) atoms. The Kier molecular flexibility index (Phi) is 5.26. The largest absolute Gasteiger partial charge is 0.494 e. The zero-order chi connectivity index (χ0) is 18.6. The van der Waals surface area contributed by atoms with E-state index in [1.165, 1.54) is 18.4 Å². The zero-order valence-corrected chi connectivity index (χ0v) is 16.0. The van der Waals surface area contributed by atoms with Crippen LogP contribution in [0.2, 0.25) is 0 Å². The van der Waals surface area contributed by atoms with Crippen molar-refractivity contribution in [3.05, 3.63) is 71.6 Å². The first-order chi connectivity index (χ1) is 13.2. The number of aryl methyl sites for hydroxylation is 1. The van der Waals surface area contributed by atoms with Crippen LogP contribution in [0.5, 0.6) is 5.75 Å². The lowest BCUT2D eigenvalue weighted by Crippen LogP contribution is -2.23. The Hall–Kier alpha value is -2.59. The first-order valence-corrected chi connectivity index (χ1v) is 9.73.